The van der Waals surface area contributed by atoms with Gasteiger partial charge in [0.1, 0.15) is 34.5 Å². The zero-order valence-electron chi connectivity index (χ0n) is 40.5. The number of piperidine rings is 3. The van der Waals surface area contributed by atoms with Crippen molar-refractivity contribution in [2.24, 2.45) is 11.3 Å². The van der Waals surface area contributed by atoms with E-state index in [1.54, 1.807) is 42.5 Å². The minimum atomic E-state index is -1.17. The highest BCUT2D eigenvalue weighted by Gasteiger charge is 2.56. The third-order valence-electron chi connectivity index (χ3n) is 15.8. The molecule has 1 saturated carbocycles. The number of benzene rings is 4. The highest BCUT2D eigenvalue weighted by molar-refractivity contribution is 6.17. The fraction of sp³-hybridized carbons (Fsp3) is 0.418. The Balaban J connectivity index is 0.639. The van der Waals surface area contributed by atoms with Crippen LogP contribution in [0.5, 0.6) is 17.2 Å². The van der Waals surface area contributed by atoms with Gasteiger partial charge in [-0.25, -0.2) is 4.39 Å². The van der Waals surface area contributed by atoms with Crippen LogP contribution in [0.3, 0.4) is 0 Å². The maximum absolute atomic E-state index is 13.4. The van der Waals surface area contributed by atoms with Crippen LogP contribution in [0.25, 0.3) is 10.9 Å². The van der Waals surface area contributed by atoms with E-state index in [1.165, 1.54) is 24.3 Å². The van der Waals surface area contributed by atoms with Crippen molar-refractivity contribution in [2.75, 3.05) is 86.4 Å². The Kier molecular flexibility index (Phi) is 13.0. The third-order valence-corrected chi connectivity index (χ3v) is 15.8. The first-order valence-corrected chi connectivity index (χ1v) is 25.4. The van der Waals surface area contributed by atoms with Gasteiger partial charge in [0.15, 0.2) is 0 Å². The van der Waals surface area contributed by atoms with E-state index in [9.17, 15) is 28.4 Å². The molecule has 17 heteroatoms. The van der Waals surface area contributed by atoms with Crippen molar-refractivity contribution in [3.8, 4) is 17.2 Å². The smallest absolute Gasteiger partial charge is 0.255 e. The minimum Gasteiger partial charge on any atom is -0.495 e. The highest BCUT2D eigenvalue weighted by atomic mass is 19.1. The molecule has 5 aromatic rings. The summed E-state index contributed by atoms with van der Waals surface area (Å²) in [7, 11) is 1.70. The van der Waals surface area contributed by atoms with Gasteiger partial charge in [0, 0.05) is 105 Å². The van der Waals surface area contributed by atoms with Crippen LogP contribution in [0, 0.1) is 17.2 Å². The zero-order valence-corrected chi connectivity index (χ0v) is 40.5. The van der Waals surface area contributed by atoms with Gasteiger partial charge in [0.2, 0.25) is 23.6 Å². The lowest BCUT2D eigenvalue weighted by atomic mass is 9.94. The fourth-order valence-electron chi connectivity index (χ4n) is 11.5. The Morgan fingerprint density at radius 3 is 2.11 bits per heavy atom. The van der Waals surface area contributed by atoms with Gasteiger partial charge >= 0.3 is 0 Å². The van der Waals surface area contributed by atoms with Crippen molar-refractivity contribution in [2.45, 2.75) is 70.0 Å². The number of piperazine rings is 1. The van der Waals surface area contributed by atoms with Crippen LogP contribution in [0.1, 0.15) is 67.3 Å². The van der Waals surface area contributed by atoms with Gasteiger partial charge in [-0.05, 0) is 143 Å². The van der Waals surface area contributed by atoms with Crippen LogP contribution in [0.15, 0.2) is 91.1 Å². The van der Waals surface area contributed by atoms with E-state index >= 15 is 0 Å². The Hall–Kier alpha value is -7.11. The van der Waals surface area contributed by atoms with Crippen molar-refractivity contribution < 1.29 is 37.8 Å². The number of aromatic nitrogens is 1. The van der Waals surface area contributed by atoms with E-state index in [1.807, 2.05) is 24.3 Å². The lowest BCUT2D eigenvalue weighted by Crippen LogP contribution is -2.54. The second-order valence-electron chi connectivity index (χ2n) is 20.2. The number of nitrogens with one attached hydrogen (secondary N) is 3. The molecule has 5 fully saturated rings. The van der Waals surface area contributed by atoms with E-state index in [0.717, 1.165) is 118 Å². The summed E-state index contributed by atoms with van der Waals surface area (Å²) in [5, 5.41) is 8.84. The minimum absolute atomic E-state index is 0.129. The Morgan fingerprint density at radius 1 is 0.764 bits per heavy atom. The number of rotatable bonds is 13. The van der Waals surface area contributed by atoms with E-state index in [2.05, 4.69) is 47.7 Å². The molecular formula is C55H60FN9O7. The van der Waals surface area contributed by atoms with Crippen molar-refractivity contribution in [1.29, 1.82) is 0 Å². The lowest BCUT2D eigenvalue weighted by Gasteiger charge is -2.44. The Bertz CT molecular complexity index is 2890. The van der Waals surface area contributed by atoms with Gasteiger partial charge in [0.25, 0.3) is 5.91 Å². The Labute approximate surface area is 417 Å². The Morgan fingerprint density at radius 2 is 1.44 bits per heavy atom. The second-order valence-corrected chi connectivity index (χ2v) is 20.2. The van der Waals surface area contributed by atoms with Gasteiger partial charge in [-0.15, -0.1) is 0 Å². The highest BCUT2D eigenvalue weighted by Crippen LogP contribution is 2.48. The van der Waals surface area contributed by atoms with Crippen LogP contribution in [-0.2, 0) is 25.7 Å². The monoisotopic (exact) mass is 977 g/mol. The molecule has 3 N–H and O–H groups in total. The van der Waals surface area contributed by atoms with Crippen LogP contribution in [0.4, 0.5) is 27.1 Å². The zero-order chi connectivity index (χ0) is 49.5. The van der Waals surface area contributed by atoms with Crippen LogP contribution < -0.4 is 35.2 Å². The predicted octanol–water partition coefficient (Wildman–Crippen LogP) is 6.80. The van der Waals surface area contributed by atoms with Gasteiger partial charge in [-0.2, -0.15) is 0 Å². The second kappa shape index (κ2) is 19.8. The van der Waals surface area contributed by atoms with Crippen LogP contribution >= 0.6 is 0 Å². The van der Waals surface area contributed by atoms with E-state index in [4.69, 9.17) is 14.5 Å². The molecule has 0 bridgehead atoms. The number of hydrogen-bond acceptors (Lipinski definition) is 12. The summed E-state index contributed by atoms with van der Waals surface area (Å²) in [6.45, 7) is 9.31. The molecule has 5 amide bonds. The first-order chi connectivity index (χ1) is 35.0. The molecule has 1 aliphatic carbocycles. The molecule has 6 heterocycles. The molecule has 1 unspecified atom stereocenters. The molecule has 5 aliphatic heterocycles. The molecule has 16 nitrogen and oxygen atoms in total. The summed E-state index contributed by atoms with van der Waals surface area (Å²) in [5.74, 6) is 0.581. The summed E-state index contributed by atoms with van der Waals surface area (Å²) in [5.41, 5.74) is 4.35. The van der Waals surface area contributed by atoms with Gasteiger partial charge < -0.3 is 39.7 Å². The molecule has 374 valence electrons. The molecule has 6 aliphatic rings. The summed E-state index contributed by atoms with van der Waals surface area (Å²) >= 11 is 0. The number of methoxy groups -OCH3 is 1. The average molecular weight is 978 g/mol. The molecule has 0 spiro atoms. The van der Waals surface area contributed by atoms with Crippen molar-refractivity contribution in [1.82, 2.24) is 25.0 Å². The number of amides is 5. The summed E-state index contributed by atoms with van der Waals surface area (Å²) < 4.78 is 25.7. The van der Waals surface area contributed by atoms with Crippen LogP contribution in [0.2, 0.25) is 0 Å². The summed E-state index contributed by atoms with van der Waals surface area (Å²) in [6.07, 6.45) is 7.73. The molecule has 1 atom stereocenters. The van der Waals surface area contributed by atoms with E-state index in [-0.39, 0.29) is 30.0 Å². The number of fused-ring (bicyclic) bond motifs is 2. The lowest BCUT2D eigenvalue weighted by molar-refractivity contribution is -0.137. The SMILES string of the molecule is COc1cc2c(Oc3ccc(NC(=O)C4(C(=O)Nc5ccc(F)cc5)CC4)cc3)ccnc2cc1N1CCC(CN2CCC(N3CCN(c4cccc5c4CN(C4CCC(=O)NC4=O)C5=O)CC3)CC2)CC1. The van der Waals surface area contributed by atoms with Crippen molar-refractivity contribution in [3.63, 3.8) is 0 Å². The fourth-order valence-corrected chi connectivity index (χ4v) is 11.5. The normalized spacial score (nSPS) is 20.8. The third kappa shape index (κ3) is 9.54. The largest absolute Gasteiger partial charge is 0.495 e. The molecular weight excluding hydrogens is 918 g/mol. The number of pyridine rings is 1. The molecule has 1 aromatic heterocycles. The van der Waals surface area contributed by atoms with Crippen molar-refractivity contribution in [3.05, 3.63) is 108 Å². The molecule has 4 saturated heterocycles. The van der Waals surface area contributed by atoms with Crippen LogP contribution in [-0.4, -0.2) is 127 Å². The topological polar surface area (TPSA) is 169 Å². The number of hydrogen-bond donors (Lipinski definition) is 3. The molecule has 72 heavy (non-hydrogen) atoms. The molecule has 4 aromatic carbocycles. The summed E-state index contributed by atoms with van der Waals surface area (Å²) in [6, 6.07) is 24.3. The number of carbonyl (C=O) groups excluding carboxylic acids is 5. The van der Waals surface area contributed by atoms with Gasteiger partial charge in [0.05, 0.1) is 18.3 Å². The van der Waals surface area contributed by atoms with Gasteiger partial charge in [-0.1, -0.05) is 6.07 Å². The number of halogens is 1. The summed E-state index contributed by atoms with van der Waals surface area (Å²) in [4.78, 5) is 80.6. The number of likely N-dealkylation sites (tertiary alicyclic amines) is 1. The predicted molar refractivity (Wildman–Crippen MR) is 271 cm³/mol. The molecule has 0 radical (unpaired) electrons. The number of imide groups is 1. The molecule has 11 rings (SSSR count). The number of ether oxygens (including phenoxy) is 2. The number of nitrogens with zero attached hydrogens (tertiary/aromatic N) is 6. The quantitative estimate of drug-likeness (QED) is 0.0836. The van der Waals surface area contributed by atoms with E-state index in [0.29, 0.717) is 66.2 Å². The standard InChI is InChI=1S/C55H60FN9O7/c1-71-49-31-42-44(57-22-15-48(42)72-40-11-9-38(10-12-40)59-54(70)55(20-21-55)53(69)58-37-7-5-36(56)6-8-37)32-47(49)63-25-16-35(17-26-63)33-61-23-18-39(19-24-61)62-27-29-64(30-28-62)45-4-2-3-41-43(45)34-65(52(41)68)46-13-14-50(66)60-51(46)67/h2-12,15,22,31-32,35,39,46H,13-14,16-21,23-30,33-34H2,1H3,(H,58,69)(H,59,70)(H,60,66,67). The maximum Gasteiger partial charge on any atom is 0.255 e. The first kappa shape index (κ1) is 47.2. The first-order valence-electron chi connectivity index (χ1n) is 25.4. The van der Waals surface area contributed by atoms with E-state index < -0.39 is 23.2 Å². The maximum atomic E-state index is 13.4. The number of anilines is 4. The average Bonchev–Trinajstić information content (AvgIpc) is 4.16. The number of carbonyl (C=O) groups is 5. The van der Waals surface area contributed by atoms with Gasteiger partial charge in [-0.3, -0.25) is 39.2 Å². The van der Waals surface area contributed by atoms with Crippen molar-refractivity contribution >= 4 is 63.2 Å².